The number of nitrogens with one attached hydrogen (secondary N) is 1. The third-order valence-electron chi connectivity index (χ3n) is 3.45. The molecule has 9 heteroatoms. The smallest absolute Gasteiger partial charge is 0.311 e. The molecule has 1 aliphatic rings. The second kappa shape index (κ2) is 6.42. The van der Waals surface area contributed by atoms with Gasteiger partial charge in [0.25, 0.3) is 0 Å². The highest BCUT2D eigenvalue weighted by molar-refractivity contribution is 6.06. The third kappa shape index (κ3) is 3.44. The van der Waals surface area contributed by atoms with Gasteiger partial charge in [-0.05, 0) is 12.5 Å². The molecule has 1 saturated heterocycles. The summed E-state index contributed by atoms with van der Waals surface area (Å²) in [5, 5.41) is 13.5. The second-order valence-electron chi connectivity index (χ2n) is 5.02. The fourth-order valence-electron chi connectivity index (χ4n) is 2.25. The maximum Gasteiger partial charge on any atom is 0.311 e. The Morgan fingerprint density at radius 3 is 2.48 bits per heavy atom. The summed E-state index contributed by atoms with van der Waals surface area (Å²) in [5.74, 6) is -1.33. The lowest BCUT2D eigenvalue weighted by Gasteiger charge is -2.15. The van der Waals surface area contributed by atoms with Crippen molar-refractivity contribution in [3.63, 3.8) is 0 Å². The zero-order chi connectivity index (χ0) is 17.1. The Morgan fingerprint density at radius 2 is 1.96 bits per heavy atom. The topological polar surface area (TPSA) is 119 Å². The van der Waals surface area contributed by atoms with E-state index in [1.165, 1.54) is 19.2 Å². The SMILES string of the molecule is COc1cc(NC(=O)CN2C(=O)CCC2=O)c(C)cc1[N+](=O)[O-]. The van der Waals surface area contributed by atoms with Crippen LogP contribution >= 0.6 is 0 Å². The van der Waals surface area contributed by atoms with Crippen molar-refractivity contribution < 1.29 is 24.0 Å². The summed E-state index contributed by atoms with van der Waals surface area (Å²) in [6.45, 7) is 1.21. The number of likely N-dealkylation sites (tertiary alicyclic amines) is 1. The number of nitrogens with zero attached hydrogens (tertiary/aromatic N) is 2. The molecule has 0 aliphatic carbocycles. The van der Waals surface area contributed by atoms with Crippen LogP contribution < -0.4 is 10.1 Å². The Morgan fingerprint density at radius 1 is 1.35 bits per heavy atom. The summed E-state index contributed by atoms with van der Waals surface area (Å²) in [6.07, 6.45) is 0.215. The van der Waals surface area contributed by atoms with E-state index in [2.05, 4.69) is 5.32 Å². The molecular weight excluding hydrogens is 306 g/mol. The minimum Gasteiger partial charge on any atom is -0.490 e. The lowest BCUT2D eigenvalue weighted by molar-refractivity contribution is -0.385. The first-order chi connectivity index (χ1) is 10.8. The van der Waals surface area contributed by atoms with Gasteiger partial charge in [-0.25, -0.2) is 0 Å². The van der Waals surface area contributed by atoms with Gasteiger partial charge in [0.15, 0.2) is 5.75 Å². The molecule has 9 nitrogen and oxygen atoms in total. The van der Waals surface area contributed by atoms with E-state index in [1.807, 2.05) is 0 Å². The van der Waals surface area contributed by atoms with Gasteiger partial charge in [0.1, 0.15) is 6.54 Å². The minimum absolute atomic E-state index is 0.00391. The number of hydrogen-bond acceptors (Lipinski definition) is 6. The lowest BCUT2D eigenvalue weighted by Crippen LogP contribution is -2.37. The van der Waals surface area contributed by atoms with Crippen LogP contribution in [0.25, 0.3) is 0 Å². The van der Waals surface area contributed by atoms with Crippen molar-refractivity contribution in [2.45, 2.75) is 19.8 Å². The van der Waals surface area contributed by atoms with Crippen LogP contribution in [0.4, 0.5) is 11.4 Å². The number of carbonyl (C=O) groups is 3. The van der Waals surface area contributed by atoms with Gasteiger partial charge in [0, 0.05) is 30.7 Å². The van der Waals surface area contributed by atoms with Crippen LogP contribution in [0.2, 0.25) is 0 Å². The number of methoxy groups -OCH3 is 1. The van der Waals surface area contributed by atoms with E-state index in [4.69, 9.17) is 4.74 Å². The molecule has 0 radical (unpaired) electrons. The van der Waals surface area contributed by atoms with Crippen LogP contribution in [0.3, 0.4) is 0 Å². The van der Waals surface area contributed by atoms with E-state index in [9.17, 15) is 24.5 Å². The zero-order valence-electron chi connectivity index (χ0n) is 12.6. The Hall–Kier alpha value is -2.97. The highest BCUT2D eigenvalue weighted by Gasteiger charge is 2.30. The molecule has 0 bridgehead atoms. The molecule has 1 fully saturated rings. The molecule has 0 saturated carbocycles. The van der Waals surface area contributed by atoms with Crippen molar-refractivity contribution in [2.75, 3.05) is 19.0 Å². The first-order valence-corrected chi connectivity index (χ1v) is 6.79. The molecule has 1 aromatic carbocycles. The van der Waals surface area contributed by atoms with Crippen molar-refractivity contribution in [3.8, 4) is 5.75 Å². The molecule has 1 aromatic rings. The lowest BCUT2D eigenvalue weighted by atomic mass is 10.1. The molecule has 2 rings (SSSR count). The maximum atomic E-state index is 12.0. The average molecular weight is 321 g/mol. The number of anilines is 1. The van der Waals surface area contributed by atoms with Crippen LogP contribution in [0.15, 0.2) is 12.1 Å². The summed E-state index contributed by atoms with van der Waals surface area (Å²) in [6, 6.07) is 2.61. The summed E-state index contributed by atoms with van der Waals surface area (Å²) in [4.78, 5) is 46.2. The third-order valence-corrected chi connectivity index (χ3v) is 3.45. The van der Waals surface area contributed by atoms with Gasteiger partial charge >= 0.3 is 5.69 Å². The number of amides is 3. The number of benzene rings is 1. The van der Waals surface area contributed by atoms with Gasteiger partial charge in [-0.15, -0.1) is 0 Å². The zero-order valence-corrected chi connectivity index (χ0v) is 12.6. The van der Waals surface area contributed by atoms with Crippen LogP contribution in [-0.4, -0.2) is 41.2 Å². The van der Waals surface area contributed by atoms with Gasteiger partial charge in [-0.2, -0.15) is 0 Å². The first kappa shape index (κ1) is 16.4. The van der Waals surface area contributed by atoms with E-state index in [1.54, 1.807) is 6.92 Å². The Balaban J connectivity index is 2.16. The van der Waals surface area contributed by atoms with Gasteiger partial charge in [0.2, 0.25) is 17.7 Å². The van der Waals surface area contributed by atoms with Crippen LogP contribution in [0, 0.1) is 17.0 Å². The van der Waals surface area contributed by atoms with E-state index < -0.39 is 10.8 Å². The number of rotatable bonds is 5. The average Bonchev–Trinajstić information content (AvgIpc) is 2.80. The van der Waals surface area contributed by atoms with Gasteiger partial charge in [-0.3, -0.25) is 29.4 Å². The van der Waals surface area contributed by atoms with Crippen LogP contribution in [0.1, 0.15) is 18.4 Å². The van der Waals surface area contributed by atoms with Crippen molar-refractivity contribution in [1.82, 2.24) is 4.90 Å². The van der Waals surface area contributed by atoms with Crippen molar-refractivity contribution in [2.24, 2.45) is 0 Å². The molecule has 1 aliphatic heterocycles. The standard InChI is InChI=1S/C14H15N3O6/c1-8-5-10(17(21)22)11(23-2)6-9(8)15-12(18)7-16-13(19)3-4-14(16)20/h5-6H,3-4,7H2,1-2H3,(H,15,18). The van der Waals surface area contributed by atoms with Gasteiger partial charge in [0.05, 0.1) is 12.0 Å². The molecule has 122 valence electrons. The van der Waals surface area contributed by atoms with Crippen molar-refractivity contribution >= 4 is 29.1 Å². The minimum atomic E-state index is -0.584. The molecule has 0 spiro atoms. The molecule has 0 unspecified atom stereocenters. The normalized spacial score (nSPS) is 14.1. The van der Waals surface area contributed by atoms with Gasteiger partial charge < -0.3 is 10.1 Å². The summed E-state index contributed by atoms with van der Waals surface area (Å²) >= 11 is 0. The van der Waals surface area contributed by atoms with Crippen molar-refractivity contribution in [3.05, 3.63) is 27.8 Å². The predicted molar refractivity (Wildman–Crippen MR) is 79.0 cm³/mol. The fourth-order valence-corrected chi connectivity index (χ4v) is 2.25. The monoisotopic (exact) mass is 321 g/mol. The first-order valence-electron chi connectivity index (χ1n) is 6.79. The highest BCUT2D eigenvalue weighted by atomic mass is 16.6. The van der Waals surface area contributed by atoms with E-state index in [0.29, 0.717) is 11.3 Å². The molecule has 23 heavy (non-hydrogen) atoms. The van der Waals surface area contributed by atoms with E-state index in [0.717, 1.165) is 4.90 Å². The number of aryl methyl sites for hydroxylation is 1. The highest BCUT2D eigenvalue weighted by Crippen LogP contribution is 2.32. The summed E-state index contributed by atoms with van der Waals surface area (Å²) < 4.78 is 4.94. The quantitative estimate of drug-likeness (QED) is 0.491. The molecule has 0 atom stereocenters. The van der Waals surface area contributed by atoms with Crippen LogP contribution in [-0.2, 0) is 14.4 Å². The Labute approximate surface area is 131 Å². The number of nitro groups is 1. The number of nitro benzene ring substituents is 1. The molecule has 1 heterocycles. The number of carbonyl (C=O) groups excluding carboxylic acids is 3. The van der Waals surface area contributed by atoms with E-state index >= 15 is 0 Å². The molecule has 3 amide bonds. The largest absolute Gasteiger partial charge is 0.490 e. The molecule has 1 N–H and O–H groups in total. The molecular formula is C14H15N3O6. The summed E-state index contributed by atoms with van der Waals surface area (Å²) in [5.41, 5.74) is 0.564. The number of imide groups is 1. The van der Waals surface area contributed by atoms with Crippen LogP contribution in [0.5, 0.6) is 5.75 Å². The van der Waals surface area contributed by atoms with Crippen molar-refractivity contribution in [1.29, 1.82) is 0 Å². The van der Waals surface area contributed by atoms with Gasteiger partial charge in [-0.1, -0.05) is 0 Å². The van der Waals surface area contributed by atoms with E-state index in [-0.39, 0.29) is 42.6 Å². The Kier molecular flexibility index (Phi) is 4.58. The summed E-state index contributed by atoms with van der Waals surface area (Å²) in [7, 11) is 1.28. The fraction of sp³-hybridized carbons (Fsp3) is 0.357. The second-order valence-corrected chi connectivity index (χ2v) is 5.02. The number of hydrogen-bond donors (Lipinski definition) is 1. The Bertz CT molecular complexity index is 684. The predicted octanol–water partition coefficient (Wildman–Crippen LogP) is 0.999. The molecule has 0 aromatic heterocycles. The number of ether oxygens (including phenoxy) is 1. The maximum absolute atomic E-state index is 12.0.